The van der Waals surface area contributed by atoms with Crippen LogP contribution in [0.2, 0.25) is 10.0 Å². The van der Waals surface area contributed by atoms with Crippen LogP contribution in [-0.2, 0) is 0 Å². The third-order valence-corrected chi connectivity index (χ3v) is 5.15. The first-order valence-electron chi connectivity index (χ1n) is 9.80. The predicted molar refractivity (Wildman–Crippen MR) is 125 cm³/mol. The van der Waals surface area contributed by atoms with E-state index < -0.39 is 0 Å². The van der Waals surface area contributed by atoms with Crippen LogP contribution in [0.5, 0.6) is 5.88 Å². The van der Waals surface area contributed by atoms with Gasteiger partial charge in [-0.1, -0.05) is 40.4 Å². The molecule has 0 aliphatic heterocycles. The second-order valence-electron chi connectivity index (χ2n) is 6.74. The summed E-state index contributed by atoms with van der Waals surface area (Å²) in [4.78, 5) is 8.41. The lowest BCUT2D eigenvalue weighted by molar-refractivity contribution is 0.398. The number of benzene rings is 1. The van der Waals surface area contributed by atoms with Crippen LogP contribution in [0.1, 0.15) is 11.7 Å². The van der Waals surface area contributed by atoms with Gasteiger partial charge in [0.25, 0.3) is 5.89 Å². The summed E-state index contributed by atoms with van der Waals surface area (Å²) >= 11 is 12.4. The van der Waals surface area contributed by atoms with Gasteiger partial charge in [-0.15, -0.1) is 15.3 Å². The zero-order valence-electron chi connectivity index (χ0n) is 17.5. The van der Waals surface area contributed by atoms with Crippen molar-refractivity contribution in [1.82, 2.24) is 34.9 Å². The Morgan fingerprint density at radius 3 is 2.62 bits per heavy atom. The summed E-state index contributed by atoms with van der Waals surface area (Å²) in [6, 6.07) is 14.1. The van der Waals surface area contributed by atoms with Crippen LogP contribution < -0.4 is 4.74 Å². The highest BCUT2D eigenvalue weighted by molar-refractivity contribution is 6.32. The highest BCUT2D eigenvalue weighted by atomic mass is 35.5. The molecule has 0 saturated heterocycles. The van der Waals surface area contributed by atoms with E-state index in [1.165, 1.54) is 13.3 Å². The van der Waals surface area contributed by atoms with Gasteiger partial charge in [0.05, 0.1) is 22.8 Å². The number of ether oxygens (including phenoxy) is 1. The number of halogens is 2. The summed E-state index contributed by atoms with van der Waals surface area (Å²) in [6.07, 6.45) is 3.12. The molecular weight excluding hydrogens is 477 g/mol. The number of nitrogens with zero attached hydrogens (tertiary/aromatic N) is 7. The van der Waals surface area contributed by atoms with Crippen molar-refractivity contribution >= 4 is 23.2 Å². The van der Waals surface area contributed by atoms with Crippen LogP contribution in [0.25, 0.3) is 28.7 Å². The zero-order chi connectivity index (χ0) is 23.5. The van der Waals surface area contributed by atoms with Gasteiger partial charge in [0, 0.05) is 29.9 Å². The highest BCUT2D eigenvalue weighted by Gasteiger charge is 2.18. The van der Waals surface area contributed by atoms with E-state index in [4.69, 9.17) is 32.4 Å². The second-order valence-corrected chi connectivity index (χ2v) is 7.59. The maximum Gasteiger partial charge on any atom is 0.294 e. The Hall–Kier alpha value is -4.26. The lowest BCUT2D eigenvalue weighted by atomic mass is 10.2. The molecule has 0 aliphatic rings. The van der Waals surface area contributed by atoms with Gasteiger partial charge in [-0.3, -0.25) is 9.55 Å². The summed E-state index contributed by atoms with van der Waals surface area (Å²) in [6.45, 7) is 0. The number of para-hydroxylation sites is 1. The molecule has 11 heteroatoms. The molecule has 0 aliphatic carbocycles. The molecule has 166 valence electrons. The lowest BCUT2D eigenvalue weighted by Crippen LogP contribution is -2.02. The van der Waals surface area contributed by atoms with Crippen LogP contribution in [0.4, 0.5) is 0 Å². The Labute approximate surface area is 203 Å². The van der Waals surface area contributed by atoms with Crippen molar-refractivity contribution in [3.05, 3.63) is 82.7 Å². The Bertz CT molecular complexity index is 1530. The van der Waals surface area contributed by atoms with Crippen LogP contribution in [0.15, 0.2) is 65.3 Å². The normalized spacial score (nSPS) is 10.6. The third-order valence-electron chi connectivity index (χ3n) is 4.61. The number of aromatic nitrogens is 7. The minimum atomic E-state index is 0.102. The van der Waals surface area contributed by atoms with E-state index >= 15 is 0 Å². The minimum absolute atomic E-state index is 0.102. The van der Waals surface area contributed by atoms with Crippen molar-refractivity contribution < 1.29 is 9.15 Å². The van der Waals surface area contributed by atoms with Crippen molar-refractivity contribution in [1.29, 1.82) is 0 Å². The maximum absolute atomic E-state index is 6.46. The number of methoxy groups -OCH3 is 1. The topological polar surface area (TPSA) is 105 Å². The first-order valence-corrected chi connectivity index (χ1v) is 10.6. The van der Waals surface area contributed by atoms with Crippen LogP contribution in [0, 0.1) is 11.8 Å². The van der Waals surface area contributed by atoms with Gasteiger partial charge in [0.15, 0.2) is 5.82 Å². The lowest BCUT2D eigenvalue weighted by Gasteiger charge is -2.09. The van der Waals surface area contributed by atoms with Crippen LogP contribution >= 0.6 is 23.2 Å². The smallest absolute Gasteiger partial charge is 0.294 e. The zero-order valence-corrected chi connectivity index (χ0v) is 19.0. The average molecular weight is 490 g/mol. The molecule has 4 aromatic heterocycles. The van der Waals surface area contributed by atoms with Crippen molar-refractivity contribution in [3.63, 3.8) is 0 Å². The van der Waals surface area contributed by atoms with Crippen LogP contribution in [-0.4, -0.2) is 42.0 Å². The molecule has 0 radical (unpaired) electrons. The van der Waals surface area contributed by atoms with Gasteiger partial charge >= 0.3 is 0 Å². The maximum atomic E-state index is 6.46. The van der Waals surface area contributed by atoms with Crippen molar-refractivity contribution in [2.75, 3.05) is 7.11 Å². The van der Waals surface area contributed by atoms with E-state index in [0.717, 1.165) is 0 Å². The Morgan fingerprint density at radius 1 is 0.941 bits per heavy atom. The molecule has 34 heavy (non-hydrogen) atoms. The van der Waals surface area contributed by atoms with Crippen LogP contribution in [0.3, 0.4) is 0 Å². The van der Waals surface area contributed by atoms with Crippen molar-refractivity contribution in [3.8, 4) is 46.4 Å². The predicted octanol–water partition coefficient (Wildman–Crippen LogP) is 4.49. The van der Waals surface area contributed by atoms with Crippen molar-refractivity contribution in [2.45, 2.75) is 0 Å². The molecule has 1 aromatic carbocycles. The van der Waals surface area contributed by atoms with Gasteiger partial charge in [-0.05, 0) is 36.3 Å². The van der Waals surface area contributed by atoms with E-state index in [1.54, 1.807) is 41.1 Å². The number of pyridine rings is 2. The first-order chi connectivity index (χ1) is 16.6. The van der Waals surface area contributed by atoms with Gasteiger partial charge in [-0.25, -0.2) is 4.98 Å². The molecule has 0 fully saturated rings. The van der Waals surface area contributed by atoms with Crippen molar-refractivity contribution in [2.24, 2.45) is 0 Å². The monoisotopic (exact) mass is 489 g/mol. The number of rotatable bonds is 4. The fourth-order valence-electron chi connectivity index (χ4n) is 3.05. The average Bonchev–Trinajstić information content (AvgIpc) is 3.51. The first kappa shape index (κ1) is 21.6. The minimum Gasteiger partial charge on any atom is -0.481 e. The molecule has 0 N–H and O–H groups in total. The molecule has 0 bridgehead atoms. The van der Waals surface area contributed by atoms with Gasteiger partial charge in [0.2, 0.25) is 17.6 Å². The van der Waals surface area contributed by atoms with E-state index in [9.17, 15) is 0 Å². The molecule has 5 aromatic rings. The second kappa shape index (κ2) is 9.31. The van der Waals surface area contributed by atoms with Gasteiger partial charge in [-0.2, -0.15) is 0 Å². The van der Waals surface area contributed by atoms with Gasteiger partial charge in [0.1, 0.15) is 5.69 Å². The van der Waals surface area contributed by atoms with E-state index in [0.29, 0.717) is 44.5 Å². The molecule has 0 saturated carbocycles. The summed E-state index contributed by atoms with van der Waals surface area (Å²) in [7, 11) is 1.53. The molecular formula is C23H13Cl2N7O2. The number of hydrogen-bond acceptors (Lipinski definition) is 8. The summed E-state index contributed by atoms with van der Waals surface area (Å²) in [5.74, 6) is 7.35. The molecule has 0 amide bonds. The Balaban J connectivity index is 1.55. The molecule has 0 atom stereocenters. The van der Waals surface area contributed by atoms with Gasteiger partial charge < -0.3 is 9.15 Å². The highest BCUT2D eigenvalue weighted by Crippen LogP contribution is 2.27. The fraction of sp³-hybridized carbons (Fsp3) is 0.0435. The van der Waals surface area contributed by atoms with E-state index in [2.05, 4.69) is 42.2 Å². The fourth-order valence-corrected chi connectivity index (χ4v) is 3.39. The largest absolute Gasteiger partial charge is 0.481 e. The SMILES string of the molecule is COc1cc(-c2nnc(C#Cc3nnc(-c4ccc(Cl)cn4)n3-c3ccccc3Cl)o2)ccn1. The van der Waals surface area contributed by atoms with E-state index in [-0.39, 0.29) is 11.8 Å². The summed E-state index contributed by atoms with van der Waals surface area (Å²) < 4.78 is 12.5. The molecule has 9 nitrogen and oxygen atoms in total. The number of hydrogen-bond donors (Lipinski definition) is 0. The third kappa shape index (κ3) is 4.32. The molecule has 4 heterocycles. The van der Waals surface area contributed by atoms with E-state index in [1.807, 2.05) is 18.2 Å². The molecule has 5 rings (SSSR count). The molecule has 0 unspecified atom stereocenters. The molecule has 0 spiro atoms. The Kier molecular flexibility index (Phi) is 5.91. The summed E-state index contributed by atoms with van der Waals surface area (Å²) in [5.41, 5.74) is 1.85. The quantitative estimate of drug-likeness (QED) is 0.340. The Morgan fingerprint density at radius 2 is 1.82 bits per heavy atom. The summed E-state index contributed by atoms with van der Waals surface area (Å²) in [5, 5.41) is 17.5. The standard InChI is InChI=1S/C23H13Cl2N7O2/c1-33-21-12-14(10-11-26-21)23-31-29-20(34-23)9-8-19-28-30-22(17-7-6-15(24)13-27-17)32(19)18-5-3-2-4-16(18)25/h2-7,10-13H,1H3.